The SMILES string of the molecule is C[C@@H]1CN([C@H](C)CO)C(=O)CCCn2cc(nn2)CO[C@@H]1CN(C)S(=O)(=O)c1ccccc1. The van der Waals surface area contributed by atoms with Crippen LogP contribution in [0.1, 0.15) is 32.4 Å². The molecule has 1 N–H and O–H groups in total. The Bertz CT molecular complexity index is 1010. The molecular formula is C22H33N5O5S. The predicted octanol–water partition coefficient (Wildman–Crippen LogP) is 1.12. The fourth-order valence-corrected chi connectivity index (χ4v) is 5.02. The second kappa shape index (κ2) is 11.2. The molecule has 1 aliphatic rings. The maximum Gasteiger partial charge on any atom is 0.242 e. The van der Waals surface area contributed by atoms with Crippen LogP contribution in [0.2, 0.25) is 0 Å². The number of carbonyl (C=O) groups is 1. The van der Waals surface area contributed by atoms with E-state index in [4.69, 9.17) is 4.74 Å². The fraction of sp³-hybridized carbons (Fsp3) is 0.591. The first-order valence-electron chi connectivity index (χ1n) is 11.1. The Balaban J connectivity index is 1.85. The van der Waals surface area contributed by atoms with E-state index in [0.717, 1.165) is 0 Å². The second-order valence-electron chi connectivity index (χ2n) is 8.58. The zero-order chi connectivity index (χ0) is 24.0. The Morgan fingerprint density at radius 3 is 2.73 bits per heavy atom. The van der Waals surface area contributed by atoms with Gasteiger partial charge in [-0.1, -0.05) is 30.3 Å². The molecule has 1 aromatic carbocycles. The van der Waals surface area contributed by atoms with E-state index in [9.17, 15) is 18.3 Å². The third-order valence-corrected chi connectivity index (χ3v) is 7.77. The molecule has 3 rings (SSSR count). The van der Waals surface area contributed by atoms with E-state index in [1.54, 1.807) is 53.0 Å². The molecule has 11 heteroatoms. The summed E-state index contributed by atoms with van der Waals surface area (Å²) in [5.74, 6) is -0.265. The summed E-state index contributed by atoms with van der Waals surface area (Å²) in [6.45, 7) is 4.74. The summed E-state index contributed by atoms with van der Waals surface area (Å²) >= 11 is 0. The number of hydrogen-bond acceptors (Lipinski definition) is 7. The Kier molecular flexibility index (Phi) is 8.57. The third-order valence-electron chi connectivity index (χ3n) is 5.93. The number of sulfonamides is 1. The van der Waals surface area contributed by atoms with Gasteiger partial charge in [-0.25, -0.2) is 8.42 Å². The van der Waals surface area contributed by atoms with Crippen LogP contribution in [-0.2, 0) is 32.7 Å². The van der Waals surface area contributed by atoms with Crippen molar-refractivity contribution in [3.63, 3.8) is 0 Å². The van der Waals surface area contributed by atoms with Crippen LogP contribution in [-0.4, -0.2) is 82.5 Å². The molecule has 2 heterocycles. The summed E-state index contributed by atoms with van der Waals surface area (Å²) in [4.78, 5) is 14.8. The Morgan fingerprint density at radius 2 is 2.03 bits per heavy atom. The molecule has 0 fully saturated rings. The van der Waals surface area contributed by atoms with Gasteiger partial charge in [-0.15, -0.1) is 5.10 Å². The molecule has 0 unspecified atom stereocenters. The molecule has 10 nitrogen and oxygen atoms in total. The average molecular weight is 480 g/mol. The summed E-state index contributed by atoms with van der Waals surface area (Å²) < 4.78 is 35.2. The maximum atomic E-state index is 13.1. The number of hydrogen-bond donors (Lipinski definition) is 1. The van der Waals surface area contributed by atoms with Gasteiger partial charge in [-0.05, 0) is 25.5 Å². The lowest BCUT2D eigenvalue weighted by atomic mass is 10.0. The van der Waals surface area contributed by atoms with Gasteiger partial charge < -0.3 is 14.7 Å². The summed E-state index contributed by atoms with van der Waals surface area (Å²) in [6, 6.07) is 7.89. The molecule has 0 saturated carbocycles. The number of aliphatic hydroxyl groups excluding tert-OH is 1. The average Bonchev–Trinajstić information content (AvgIpc) is 3.27. The monoisotopic (exact) mass is 479 g/mol. The lowest BCUT2D eigenvalue weighted by molar-refractivity contribution is -0.136. The molecule has 1 aliphatic heterocycles. The van der Waals surface area contributed by atoms with Gasteiger partial charge in [0.25, 0.3) is 0 Å². The molecule has 0 saturated heterocycles. The van der Waals surface area contributed by atoms with E-state index in [1.807, 2.05) is 6.92 Å². The van der Waals surface area contributed by atoms with Crippen molar-refractivity contribution in [1.29, 1.82) is 0 Å². The molecule has 0 radical (unpaired) electrons. The highest BCUT2D eigenvalue weighted by atomic mass is 32.2. The largest absolute Gasteiger partial charge is 0.394 e. The molecule has 1 amide bonds. The first-order valence-corrected chi connectivity index (χ1v) is 12.6. The Hall–Kier alpha value is -2.34. The molecule has 2 aromatic rings. The number of aliphatic hydroxyl groups is 1. The quantitative estimate of drug-likeness (QED) is 0.660. The summed E-state index contributed by atoms with van der Waals surface area (Å²) in [7, 11) is -2.18. The summed E-state index contributed by atoms with van der Waals surface area (Å²) in [5, 5.41) is 17.9. The van der Waals surface area contributed by atoms with Gasteiger partial charge >= 0.3 is 0 Å². The van der Waals surface area contributed by atoms with Crippen molar-refractivity contribution in [3.8, 4) is 0 Å². The minimum Gasteiger partial charge on any atom is -0.394 e. The van der Waals surface area contributed by atoms with Crippen LogP contribution < -0.4 is 0 Å². The van der Waals surface area contributed by atoms with Crippen molar-refractivity contribution in [2.75, 3.05) is 26.7 Å². The highest BCUT2D eigenvalue weighted by Gasteiger charge is 2.31. The molecule has 0 spiro atoms. The number of likely N-dealkylation sites (N-methyl/N-ethyl adjacent to an activating group) is 1. The molecular weight excluding hydrogens is 446 g/mol. The normalized spacial score (nSPS) is 21.8. The standard InChI is InChI=1S/C22H33N5O5S/c1-17-12-27(18(2)15-28)22(29)10-7-11-26-13-19(23-24-26)16-32-21(17)14-25(3)33(30,31)20-8-5-4-6-9-20/h4-6,8-9,13,17-18,21,28H,7,10-12,14-16H2,1-3H3/t17-,18-,21-/m1/s1. The molecule has 3 atom stereocenters. The smallest absolute Gasteiger partial charge is 0.242 e. The van der Waals surface area contributed by atoms with Crippen LogP contribution in [0.5, 0.6) is 0 Å². The van der Waals surface area contributed by atoms with Crippen molar-refractivity contribution >= 4 is 15.9 Å². The van der Waals surface area contributed by atoms with Gasteiger partial charge in [0.15, 0.2) is 0 Å². The topological polar surface area (TPSA) is 118 Å². The zero-order valence-corrected chi connectivity index (χ0v) is 20.2. The van der Waals surface area contributed by atoms with E-state index in [0.29, 0.717) is 31.6 Å². The van der Waals surface area contributed by atoms with Crippen molar-refractivity contribution in [2.24, 2.45) is 5.92 Å². The van der Waals surface area contributed by atoms with Crippen LogP contribution in [0.4, 0.5) is 0 Å². The van der Waals surface area contributed by atoms with E-state index in [1.165, 1.54) is 11.4 Å². The van der Waals surface area contributed by atoms with E-state index in [2.05, 4.69) is 10.3 Å². The van der Waals surface area contributed by atoms with Gasteiger partial charge in [0, 0.05) is 39.0 Å². The highest BCUT2D eigenvalue weighted by Crippen LogP contribution is 2.20. The lowest BCUT2D eigenvalue weighted by Crippen LogP contribution is -2.47. The second-order valence-corrected chi connectivity index (χ2v) is 10.6. The van der Waals surface area contributed by atoms with E-state index in [-0.39, 0.29) is 42.5 Å². The first-order chi connectivity index (χ1) is 15.7. The Morgan fingerprint density at radius 1 is 1.30 bits per heavy atom. The number of fused-ring (bicyclic) bond motifs is 2. The van der Waals surface area contributed by atoms with Crippen molar-refractivity contribution in [2.45, 2.75) is 56.9 Å². The highest BCUT2D eigenvalue weighted by molar-refractivity contribution is 7.89. The number of carbonyl (C=O) groups excluding carboxylic acids is 1. The predicted molar refractivity (Wildman–Crippen MR) is 122 cm³/mol. The number of ether oxygens (including phenoxy) is 1. The van der Waals surface area contributed by atoms with Crippen LogP contribution in [0.15, 0.2) is 41.4 Å². The van der Waals surface area contributed by atoms with Crippen molar-refractivity contribution < 1.29 is 23.1 Å². The summed E-state index contributed by atoms with van der Waals surface area (Å²) in [6.07, 6.45) is 2.19. The van der Waals surface area contributed by atoms with Crippen LogP contribution >= 0.6 is 0 Å². The Labute approximate surface area is 195 Å². The minimum absolute atomic E-state index is 0.0630. The van der Waals surface area contributed by atoms with Crippen LogP contribution in [0.3, 0.4) is 0 Å². The van der Waals surface area contributed by atoms with Crippen molar-refractivity contribution in [1.82, 2.24) is 24.2 Å². The first kappa shape index (κ1) is 25.3. The third kappa shape index (κ3) is 6.38. The number of rotatable bonds is 6. The molecule has 33 heavy (non-hydrogen) atoms. The molecule has 1 aromatic heterocycles. The van der Waals surface area contributed by atoms with E-state index < -0.39 is 16.1 Å². The number of aromatic nitrogens is 3. The lowest BCUT2D eigenvalue weighted by Gasteiger charge is -2.35. The van der Waals surface area contributed by atoms with Crippen LogP contribution in [0, 0.1) is 5.92 Å². The minimum atomic E-state index is -3.71. The van der Waals surface area contributed by atoms with Gasteiger partial charge in [0.1, 0.15) is 5.69 Å². The number of benzene rings is 1. The molecule has 2 bridgehead atoms. The van der Waals surface area contributed by atoms with Crippen LogP contribution in [0.25, 0.3) is 0 Å². The fourth-order valence-electron chi connectivity index (χ4n) is 3.82. The van der Waals surface area contributed by atoms with Crippen molar-refractivity contribution in [3.05, 3.63) is 42.2 Å². The zero-order valence-electron chi connectivity index (χ0n) is 19.4. The van der Waals surface area contributed by atoms with Gasteiger partial charge in [-0.2, -0.15) is 4.31 Å². The molecule has 0 aliphatic carbocycles. The van der Waals surface area contributed by atoms with Gasteiger partial charge in [-0.3, -0.25) is 9.48 Å². The molecule has 182 valence electrons. The number of nitrogens with zero attached hydrogens (tertiary/aromatic N) is 5. The van der Waals surface area contributed by atoms with Gasteiger partial charge in [0.05, 0.1) is 36.5 Å². The van der Waals surface area contributed by atoms with Gasteiger partial charge in [0.2, 0.25) is 15.9 Å². The summed E-state index contributed by atoms with van der Waals surface area (Å²) in [5.41, 5.74) is 0.645. The number of amides is 1. The number of aryl methyl sites for hydroxylation is 1. The van der Waals surface area contributed by atoms with E-state index >= 15 is 0 Å². The maximum absolute atomic E-state index is 13.1.